The van der Waals surface area contributed by atoms with Crippen molar-refractivity contribution in [3.05, 3.63) is 65.3 Å². The van der Waals surface area contributed by atoms with Gasteiger partial charge in [-0.15, -0.1) is 11.3 Å². The van der Waals surface area contributed by atoms with Crippen molar-refractivity contribution in [2.45, 2.75) is 19.9 Å². The smallest absolute Gasteiger partial charge is 0.162 e. The molecule has 0 saturated heterocycles. The molecule has 29 heavy (non-hydrogen) atoms. The molecule has 2 heterocycles. The molecule has 148 valence electrons. The number of hydrogen-bond donors (Lipinski definition) is 1. The molecule has 0 aliphatic rings. The SMILES string of the molecule is COc1cc2nc(C)nc(N[C@@H](C)c3ccc(-c4ccccc4)s3)c2cc1OC. The molecule has 0 unspecified atom stereocenters. The van der Waals surface area contributed by atoms with E-state index < -0.39 is 0 Å². The van der Waals surface area contributed by atoms with Crippen LogP contribution in [-0.4, -0.2) is 24.2 Å². The van der Waals surface area contributed by atoms with E-state index in [-0.39, 0.29) is 6.04 Å². The number of benzene rings is 2. The minimum Gasteiger partial charge on any atom is -0.493 e. The maximum atomic E-state index is 5.47. The van der Waals surface area contributed by atoms with E-state index in [1.807, 2.05) is 25.1 Å². The average Bonchev–Trinajstić information content (AvgIpc) is 3.24. The van der Waals surface area contributed by atoms with E-state index in [0.717, 1.165) is 16.7 Å². The summed E-state index contributed by atoms with van der Waals surface area (Å²) in [4.78, 5) is 11.7. The molecule has 0 bridgehead atoms. The number of methoxy groups -OCH3 is 2. The first kappa shape index (κ1) is 19.2. The molecule has 0 spiro atoms. The minimum atomic E-state index is 0.100. The first-order valence-corrected chi connectivity index (χ1v) is 10.2. The van der Waals surface area contributed by atoms with Crippen LogP contribution < -0.4 is 14.8 Å². The Morgan fingerprint density at radius 2 is 1.66 bits per heavy atom. The van der Waals surface area contributed by atoms with Gasteiger partial charge in [-0.05, 0) is 37.6 Å². The second-order valence-corrected chi connectivity index (χ2v) is 7.89. The Bertz CT molecular complexity index is 1140. The fourth-order valence-electron chi connectivity index (χ4n) is 3.30. The third-order valence-corrected chi connectivity index (χ3v) is 6.09. The number of aromatic nitrogens is 2. The molecule has 0 aliphatic carbocycles. The summed E-state index contributed by atoms with van der Waals surface area (Å²) >= 11 is 1.79. The van der Waals surface area contributed by atoms with Crippen LogP contribution in [0.3, 0.4) is 0 Å². The van der Waals surface area contributed by atoms with Gasteiger partial charge in [0.1, 0.15) is 11.6 Å². The van der Waals surface area contributed by atoms with Gasteiger partial charge in [-0.25, -0.2) is 9.97 Å². The number of nitrogens with one attached hydrogen (secondary N) is 1. The lowest BCUT2D eigenvalue weighted by Crippen LogP contribution is -2.08. The van der Waals surface area contributed by atoms with Crippen LogP contribution in [0.5, 0.6) is 11.5 Å². The third kappa shape index (κ3) is 3.89. The van der Waals surface area contributed by atoms with Crippen LogP contribution in [0, 0.1) is 6.92 Å². The lowest BCUT2D eigenvalue weighted by atomic mass is 10.1. The summed E-state index contributed by atoms with van der Waals surface area (Å²) in [6.07, 6.45) is 0. The monoisotopic (exact) mass is 405 g/mol. The van der Waals surface area contributed by atoms with E-state index in [9.17, 15) is 0 Å². The molecule has 0 fully saturated rings. The van der Waals surface area contributed by atoms with Crippen molar-refractivity contribution in [2.24, 2.45) is 0 Å². The fraction of sp³-hybridized carbons (Fsp3) is 0.217. The molecular formula is C23H23N3O2S. The summed E-state index contributed by atoms with van der Waals surface area (Å²) < 4.78 is 10.9. The van der Waals surface area contributed by atoms with Crippen LogP contribution in [0.4, 0.5) is 5.82 Å². The van der Waals surface area contributed by atoms with E-state index in [1.165, 1.54) is 15.3 Å². The highest BCUT2D eigenvalue weighted by molar-refractivity contribution is 7.15. The number of ether oxygens (including phenoxy) is 2. The topological polar surface area (TPSA) is 56.3 Å². The number of anilines is 1. The van der Waals surface area contributed by atoms with Gasteiger partial charge in [-0.3, -0.25) is 0 Å². The first-order valence-electron chi connectivity index (χ1n) is 9.41. The molecule has 4 aromatic rings. The standard InChI is InChI=1S/C23H23N3O2S/c1-14(21-10-11-22(29-21)16-8-6-5-7-9-16)24-23-17-12-19(27-3)20(28-4)13-18(17)25-15(2)26-23/h5-14H,1-4H3,(H,24,25,26)/t14-/m0/s1. The van der Waals surface area contributed by atoms with Gasteiger partial charge in [0.25, 0.3) is 0 Å². The van der Waals surface area contributed by atoms with Crippen molar-refractivity contribution in [3.63, 3.8) is 0 Å². The summed E-state index contributed by atoms with van der Waals surface area (Å²) in [7, 11) is 3.26. The molecule has 2 aromatic carbocycles. The predicted octanol–water partition coefficient (Wildman–Crippen LogP) is 5.86. The van der Waals surface area contributed by atoms with Crippen molar-refractivity contribution in [1.29, 1.82) is 0 Å². The number of rotatable bonds is 6. The summed E-state index contributed by atoms with van der Waals surface area (Å²) in [6.45, 7) is 4.04. The Morgan fingerprint density at radius 1 is 0.931 bits per heavy atom. The second kappa shape index (κ2) is 8.09. The molecule has 6 heteroatoms. The first-order chi connectivity index (χ1) is 14.1. The van der Waals surface area contributed by atoms with Crippen molar-refractivity contribution in [2.75, 3.05) is 19.5 Å². The molecule has 2 aromatic heterocycles. The molecule has 1 atom stereocenters. The molecule has 0 saturated carbocycles. The normalized spacial score (nSPS) is 12.0. The Labute approximate surface area is 174 Å². The van der Waals surface area contributed by atoms with Crippen molar-refractivity contribution in [1.82, 2.24) is 9.97 Å². The number of nitrogens with zero attached hydrogens (tertiary/aromatic N) is 2. The maximum Gasteiger partial charge on any atom is 0.162 e. The van der Waals surface area contributed by atoms with E-state index in [4.69, 9.17) is 9.47 Å². The van der Waals surface area contributed by atoms with Gasteiger partial charge >= 0.3 is 0 Å². The predicted molar refractivity (Wildman–Crippen MR) is 119 cm³/mol. The van der Waals surface area contributed by atoms with Gasteiger partial charge in [0.05, 0.1) is 25.8 Å². The van der Waals surface area contributed by atoms with Crippen LogP contribution in [0.1, 0.15) is 23.7 Å². The number of thiophene rings is 1. The number of aryl methyl sites for hydroxylation is 1. The van der Waals surface area contributed by atoms with Crippen molar-refractivity contribution in [3.8, 4) is 21.9 Å². The lowest BCUT2D eigenvalue weighted by molar-refractivity contribution is 0.356. The highest BCUT2D eigenvalue weighted by Crippen LogP contribution is 2.36. The van der Waals surface area contributed by atoms with Crippen LogP contribution >= 0.6 is 11.3 Å². The van der Waals surface area contributed by atoms with Gasteiger partial charge in [-0.1, -0.05) is 30.3 Å². The molecular weight excluding hydrogens is 382 g/mol. The molecule has 0 aliphatic heterocycles. The average molecular weight is 406 g/mol. The third-order valence-electron chi connectivity index (χ3n) is 4.78. The van der Waals surface area contributed by atoms with E-state index in [2.05, 4.69) is 58.6 Å². The summed E-state index contributed by atoms with van der Waals surface area (Å²) in [5.41, 5.74) is 2.05. The summed E-state index contributed by atoms with van der Waals surface area (Å²) in [5, 5.41) is 4.46. The van der Waals surface area contributed by atoms with Crippen molar-refractivity contribution < 1.29 is 9.47 Å². The summed E-state index contributed by atoms with van der Waals surface area (Å²) in [6, 6.07) is 18.7. The molecule has 1 N–H and O–H groups in total. The number of hydrogen-bond acceptors (Lipinski definition) is 6. The van der Waals surface area contributed by atoms with Gasteiger partial charge in [0.2, 0.25) is 0 Å². The zero-order chi connectivity index (χ0) is 20.4. The van der Waals surface area contributed by atoms with Gasteiger partial charge in [-0.2, -0.15) is 0 Å². The van der Waals surface area contributed by atoms with Crippen LogP contribution in [-0.2, 0) is 0 Å². The number of fused-ring (bicyclic) bond motifs is 1. The van der Waals surface area contributed by atoms with E-state index in [0.29, 0.717) is 17.3 Å². The minimum absolute atomic E-state index is 0.100. The van der Waals surface area contributed by atoms with Crippen LogP contribution in [0.15, 0.2) is 54.6 Å². The van der Waals surface area contributed by atoms with Gasteiger partial charge in [0, 0.05) is 21.2 Å². The Hall–Kier alpha value is -3.12. The van der Waals surface area contributed by atoms with Crippen molar-refractivity contribution >= 4 is 28.1 Å². The van der Waals surface area contributed by atoms with Crippen LogP contribution in [0.25, 0.3) is 21.3 Å². The zero-order valence-corrected chi connectivity index (χ0v) is 17.7. The molecule has 0 amide bonds. The van der Waals surface area contributed by atoms with Gasteiger partial charge in [0.15, 0.2) is 11.5 Å². The Balaban J connectivity index is 1.67. The highest BCUT2D eigenvalue weighted by atomic mass is 32.1. The quantitative estimate of drug-likeness (QED) is 0.436. The fourth-order valence-corrected chi connectivity index (χ4v) is 4.32. The molecule has 4 rings (SSSR count). The van der Waals surface area contributed by atoms with E-state index in [1.54, 1.807) is 25.6 Å². The van der Waals surface area contributed by atoms with Gasteiger partial charge < -0.3 is 14.8 Å². The summed E-state index contributed by atoms with van der Waals surface area (Å²) in [5.74, 6) is 2.81. The maximum absolute atomic E-state index is 5.47. The Kier molecular flexibility index (Phi) is 5.36. The molecule has 5 nitrogen and oxygen atoms in total. The lowest BCUT2D eigenvalue weighted by Gasteiger charge is -2.16. The Morgan fingerprint density at radius 3 is 2.38 bits per heavy atom. The largest absolute Gasteiger partial charge is 0.493 e. The molecule has 0 radical (unpaired) electrons. The second-order valence-electron chi connectivity index (χ2n) is 6.78. The van der Waals surface area contributed by atoms with E-state index >= 15 is 0 Å². The zero-order valence-electron chi connectivity index (χ0n) is 16.9. The van der Waals surface area contributed by atoms with Crippen LogP contribution in [0.2, 0.25) is 0 Å². The highest BCUT2D eigenvalue weighted by Gasteiger charge is 2.16.